The number of aliphatic imine (C=N–C) groups is 1. The number of nitrogens with two attached hydrogens (primary N) is 1. The van der Waals surface area contributed by atoms with E-state index in [1.807, 2.05) is 17.0 Å². The molecule has 2 unspecified atom stereocenters. The fourth-order valence-electron chi connectivity index (χ4n) is 6.04. The molecule has 4 fully saturated rings. The first kappa shape index (κ1) is 16.6. The number of carbonyl (C=O) groups is 1. The van der Waals surface area contributed by atoms with Gasteiger partial charge in [0.1, 0.15) is 0 Å². The second kappa shape index (κ2) is 5.98. The van der Waals surface area contributed by atoms with Gasteiger partial charge in [-0.25, -0.2) is 4.99 Å². The van der Waals surface area contributed by atoms with Crippen LogP contribution in [-0.2, 0) is 11.3 Å². The van der Waals surface area contributed by atoms with Gasteiger partial charge >= 0.3 is 0 Å². The topological polar surface area (TPSA) is 70.7 Å². The molecule has 1 aromatic rings. The SMILES string of the molecule is NC1=Nc2ccc(Br)cc2CN1CCC(=O)NC12CC3CC(CC1C3)C2. The number of halogens is 1. The first-order chi connectivity index (χ1) is 12.5. The largest absolute Gasteiger partial charge is 0.369 e. The summed E-state index contributed by atoms with van der Waals surface area (Å²) < 4.78 is 1.04. The Kier molecular flexibility index (Phi) is 3.82. The fraction of sp³-hybridized carbons (Fsp3) is 0.600. The zero-order valence-corrected chi connectivity index (χ0v) is 16.5. The fourth-order valence-corrected chi connectivity index (χ4v) is 6.45. The zero-order valence-electron chi connectivity index (χ0n) is 14.9. The van der Waals surface area contributed by atoms with Gasteiger partial charge in [0, 0.05) is 29.5 Å². The van der Waals surface area contributed by atoms with E-state index in [9.17, 15) is 4.79 Å². The van der Waals surface area contributed by atoms with Gasteiger partial charge in [-0.2, -0.15) is 0 Å². The molecule has 0 saturated heterocycles. The minimum atomic E-state index is 0.115. The van der Waals surface area contributed by atoms with E-state index < -0.39 is 0 Å². The van der Waals surface area contributed by atoms with Crippen molar-refractivity contribution in [1.29, 1.82) is 0 Å². The number of nitrogens with zero attached hydrogens (tertiary/aromatic N) is 2. The minimum Gasteiger partial charge on any atom is -0.369 e. The van der Waals surface area contributed by atoms with E-state index in [1.165, 1.54) is 32.1 Å². The van der Waals surface area contributed by atoms with Gasteiger partial charge in [-0.1, -0.05) is 15.9 Å². The lowest BCUT2D eigenvalue weighted by Crippen LogP contribution is -2.50. The summed E-state index contributed by atoms with van der Waals surface area (Å²) in [6, 6.07) is 6.02. The summed E-state index contributed by atoms with van der Waals surface area (Å²) in [7, 11) is 0. The summed E-state index contributed by atoms with van der Waals surface area (Å²) in [6.07, 6.45) is 6.93. The molecule has 5 nitrogen and oxygen atoms in total. The van der Waals surface area contributed by atoms with Crippen LogP contribution in [0.4, 0.5) is 5.69 Å². The van der Waals surface area contributed by atoms with Gasteiger partial charge in [-0.15, -0.1) is 0 Å². The standard InChI is InChI=1S/C20H25BrN4O/c21-16-1-2-17-14(8-16)11-25(19(22)23-17)4-3-18(26)24-20-9-12-5-13(10-20)7-15(20)6-12/h1-2,8,12-13,15H,3-7,9-11H2,(H2,22,23)(H,24,26). The van der Waals surface area contributed by atoms with Crippen LogP contribution in [0.3, 0.4) is 0 Å². The highest BCUT2D eigenvalue weighted by Gasteiger charge is 2.58. The summed E-state index contributed by atoms with van der Waals surface area (Å²) in [5, 5.41) is 3.44. The van der Waals surface area contributed by atoms with E-state index in [1.54, 1.807) is 0 Å². The summed E-state index contributed by atoms with van der Waals surface area (Å²) in [6.45, 7) is 1.32. The molecule has 26 heavy (non-hydrogen) atoms. The van der Waals surface area contributed by atoms with Crippen LogP contribution >= 0.6 is 15.9 Å². The normalized spacial score (nSPS) is 34.0. The Morgan fingerprint density at radius 3 is 2.85 bits per heavy atom. The number of guanidine groups is 1. The van der Waals surface area contributed by atoms with E-state index >= 15 is 0 Å². The molecule has 2 atom stereocenters. The molecule has 1 aromatic carbocycles. The average Bonchev–Trinajstić information content (AvgIpc) is 2.96. The predicted molar refractivity (Wildman–Crippen MR) is 105 cm³/mol. The van der Waals surface area contributed by atoms with Crippen molar-refractivity contribution in [3.8, 4) is 0 Å². The molecule has 138 valence electrons. The van der Waals surface area contributed by atoms with Crippen LogP contribution in [0.1, 0.15) is 44.1 Å². The Balaban J connectivity index is 1.21. The molecule has 0 spiro atoms. The number of carbonyl (C=O) groups excluding carboxylic acids is 1. The molecular weight excluding hydrogens is 392 g/mol. The maximum absolute atomic E-state index is 12.7. The number of amides is 1. The first-order valence-corrected chi connectivity index (χ1v) is 10.5. The number of nitrogens with one attached hydrogen (secondary N) is 1. The summed E-state index contributed by atoms with van der Waals surface area (Å²) >= 11 is 3.51. The molecule has 0 aromatic heterocycles. The van der Waals surface area contributed by atoms with E-state index in [4.69, 9.17) is 5.73 Å². The molecule has 6 heteroatoms. The van der Waals surface area contributed by atoms with E-state index in [2.05, 4.69) is 32.3 Å². The molecule has 4 aliphatic carbocycles. The van der Waals surface area contributed by atoms with Crippen LogP contribution < -0.4 is 11.1 Å². The maximum atomic E-state index is 12.7. The van der Waals surface area contributed by atoms with Gasteiger partial charge < -0.3 is 16.0 Å². The van der Waals surface area contributed by atoms with Gasteiger partial charge in [0.2, 0.25) is 5.91 Å². The van der Waals surface area contributed by atoms with Gasteiger partial charge in [0.15, 0.2) is 5.96 Å². The molecule has 0 radical (unpaired) electrons. The highest BCUT2D eigenvalue weighted by Crippen LogP contribution is 2.60. The molecule has 4 saturated carbocycles. The number of fused-ring (bicyclic) bond motifs is 1. The van der Waals surface area contributed by atoms with Crippen LogP contribution in [0.2, 0.25) is 0 Å². The summed E-state index contributed by atoms with van der Waals surface area (Å²) in [5.41, 5.74) is 8.30. The predicted octanol–water partition coefficient (Wildman–Crippen LogP) is 3.30. The average molecular weight is 417 g/mol. The lowest BCUT2D eigenvalue weighted by Gasteiger charge is -2.34. The first-order valence-electron chi connectivity index (χ1n) is 9.69. The van der Waals surface area contributed by atoms with Crippen LogP contribution in [0.5, 0.6) is 0 Å². The van der Waals surface area contributed by atoms with Crippen molar-refractivity contribution >= 4 is 33.5 Å². The van der Waals surface area contributed by atoms with E-state index in [-0.39, 0.29) is 11.4 Å². The number of rotatable bonds is 4. The van der Waals surface area contributed by atoms with Gasteiger partial charge in [0.25, 0.3) is 0 Å². The van der Waals surface area contributed by atoms with Crippen molar-refractivity contribution in [2.45, 2.75) is 50.6 Å². The van der Waals surface area contributed by atoms with Crippen molar-refractivity contribution in [3.05, 3.63) is 28.2 Å². The van der Waals surface area contributed by atoms with Gasteiger partial charge in [-0.3, -0.25) is 4.79 Å². The molecule has 1 heterocycles. The van der Waals surface area contributed by atoms with Crippen molar-refractivity contribution in [2.75, 3.05) is 6.54 Å². The molecule has 1 aliphatic heterocycles. The monoisotopic (exact) mass is 416 g/mol. The van der Waals surface area contributed by atoms with E-state index in [0.717, 1.165) is 33.5 Å². The third kappa shape index (κ3) is 2.73. The Morgan fingerprint density at radius 2 is 2.08 bits per heavy atom. The Labute approximate surface area is 162 Å². The third-order valence-electron chi connectivity index (χ3n) is 6.95. The Bertz CT molecular complexity index is 778. The smallest absolute Gasteiger partial charge is 0.222 e. The highest BCUT2D eigenvalue weighted by molar-refractivity contribution is 9.10. The van der Waals surface area contributed by atoms with Gasteiger partial charge in [-0.05, 0) is 73.6 Å². The van der Waals surface area contributed by atoms with Crippen molar-refractivity contribution < 1.29 is 4.79 Å². The minimum absolute atomic E-state index is 0.115. The highest BCUT2D eigenvalue weighted by atomic mass is 79.9. The molecule has 6 rings (SSSR count). The van der Waals surface area contributed by atoms with Crippen LogP contribution in [0.25, 0.3) is 0 Å². The number of benzene rings is 1. The van der Waals surface area contributed by atoms with Crippen molar-refractivity contribution in [3.63, 3.8) is 0 Å². The maximum Gasteiger partial charge on any atom is 0.222 e. The molecule has 4 bridgehead atoms. The van der Waals surface area contributed by atoms with Crippen molar-refractivity contribution in [1.82, 2.24) is 10.2 Å². The molecule has 1 amide bonds. The number of hydrogen-bond acceptors (Lipinski definition) is 4. The second-order valence-electron chi connectivity index (χ2n) is 8.66. The molecule has 5 aliphatic rings. The van der Waals surface area contributed by atoms with Gasteiger partial charge in [0.05, 0.1) is 5.69 Å². The lowest BCUT2D eigenvalue weighted by molar-refractivity contribution is -0.123. The van der Waals surface area contributed by atoms with Crippen LogP contribution in [0, 0.1) is 17.8 Å². The van der Waals surface area contributed by atoms with Crippen molar-refractivity contribution in [2.24, 2.45) is 28.5 Å². The third-order valence-corrected chi connectivity index (χ3v) is 7.44. The zero-order chi connectivity index (χ0) is 17.9. The second-order valence-corrected chi connectivity index (χ2v) is 9.58. The summed E-state index contributed by atoms with van der Waals surface area (Å²) in [5.74, 6) is 3.11. The molecular formula is C20H25BrN4O. The lowest BCUT2D eigenvalue weighted by atomic mass is 9.80. The molecule has 3 N–H and O–H groups in total. The quantitative estimate of drug-likeness (QED) is 0.790. The van der Waals surface area contributed by atoms with Crippen LogP contribution in [-0.4, -0.2) is 28.9 Å². The van der Waals surface area contributed by atoms with E-state index in [0.29, 0.717) is 25.5 Å². The number of hydrogen-bond donors (Lipinski definition) is 2. The Hall–Kier alpha value is -1.56. The summed E-state index contributed by atoms with van der Waals surface area (Å²) in [4.78, 5) is 19.2. The Morgan fingerprint density at radius 1 is 1.31 bits per heavy atom. The van der Waals surface area contributed by atoms with Crippen LogP contribution in [0.15, 0.2) is 27.7 Å².